The van der Waals surface area contributed by atoms with Crippen molar-refractivity contribution >= 4 is 5.70 Å². The van der Waals surface area contributed by atoms with E-state index in [1.54, 1.807) is 0 Å². The molecule has 0 unspecified atom stereocenters. The fourth-order valence-corrected chi connectivity index (χ4v) is 1.71. The maximum Gasteiger partial charge on any atom is 0.0968 e. The minimum absolute atomic E-state index is 0.630. The standard InChI is InChI=1S/C14H18N2/c1-4-6-12(9-15)14(16)13-8-5-7-10(2)11(13)3/h5,7-8H,4,6,16H2,1-3H3/b14-12-. The third-order valence-electron chi connectivity index (χ3n) is 2.85. The number of nitriles is 1. The molecule has 2 nitrogen and oxygen atoms in total. The highest BCUT2D eigenvalue weighted by Gasteiger charge is 2.08. The molecule has 0 saturated heterocycles. The van der Waals surface area contributed by atoms with Gasteiger partial charge in [-0.2, -0.15) is 5.26 Å². The second kappa shape index (κ2) is 5.37. The van der Waals surface area contributed by atoms with Crippen LogP contribution in [0.2, 0.25) is 0 Å². The predicted octanol–water partition coefficient (Wildman–Crippen LogP) is 3.30. The number of nitrogens with zero attached hydrogens (tertiary/aromatic N) is 1. The normalized spacial score (nSPS) is 11.9. The van der Waals surface area contributed by atoms with Gasteiger partial charge in [-0.1, -0.05) is 31.5 Å². The number of rotatable bonds is 3. The van der Waals surface area contributed by atoms with Gasteiger partial charge in [-0.3, -0.25) is 0 Å². The summed E-state index contributed by atoms with van der Waals surface area (Å²) in [6.45, 7) is 6.14. The van der Waals surface area contributed by atoms with Gasteiger partial charge < -0.3 is 5.73 Å². The van der Waals surface area contributed by atoms with Gasteiger partial charge in [0.1, 0.15) is 0 Å². The number of benzene rings is 1. The highest BCUT2D eigenvalue weighted by molar-refractivity contribution is 5.71. The molecule has 0 aliphatic rings. The SMILES string of the molecule is CCC/C(C#N)=C(/N)c1cccc(C)c1C. The Morgan fingerprint density at radius 2 is 2.06 bits per heavy atom. The lowest BCUT2D eigenvalue weighted by Gasteiger charge is -2.10. The third kappa shape index (κ3) is 2.43. The van der Waals surface area contributed by atoms with E-state index in [0.717, 1.165) is 24.0 Å². The minimum atomic E-state index is 0.630. The summed E-state index contributed by atoms with van der Waals surface area (Å²) in [5.41, 5.74) is 10.7. The second-order valence-corrected chi connectivity index (χ2v) is 4.00. The van der Waals surface area contributed by atoms with Crippen LogP contribution < -0.4 is 5.73 Å². The first-order valence-corrected chi connectivity index (χ1v) is 5.57. The van der Waals surface area contributed by atoms with Gasteiger partial charge in [0.05, 0.1) is 17.3 Å². The third-order valence-corrected chi connectivity index (χ3v) is 2.85. The maximum atomic E-state index is 9.06. The first-order chi connectivity index (χ1) is 7.61. The van der Waals surface area contributed by atoms with Crippen LogP contribution in [-0.2, 0) is 0 Å². The summed E-state index contributed by atoms with van der Waals surface area (Å²) in [6.07, 6.45) is 1.68. The average molecular weight is 214 g/mol. The average Bonchev–Trinajstić information content (AvgIpc) is 2.29. The molecule has 0 saturated carbocycles. The van der Waals surface area contributed by atoms with Crippen LogP contribution in [0, 0.1) is 25.2 Å². The largest absolute Gasteiger partial charge is 0.397 e. The second-order valence-electron chi connectivity index (χ2n) is 4.00. The molecule has 0 aliphatic heterocycles. The monoisotopic (exact) mass is 214 g/mol. The van der Waals surface area contributed by atoms with E-state index in [0.29, 0.717) is 11.3 Å². The zero-order chi connectivity index (χ0) is 12.1. The first-order valence-electron chi connectivity index (χ1n) is 5.57. The molecule has 0 aromatic heterocycles. The quantitative estimate of drug-likeness (QED) is 0.785. The van der Waals surface area contributed by atoms with Gasteiger partial charge >= 0.3 is 0 Å². The van der Waals surface area contributed by atoms with E-state index >= 15 is 0 Å². The van der Waals surface area contributed by atoms with Gasteiger partial charge in [0.25, 0.3) is 0 Å². The van der Waals surface area contributed by atoms with Crippen LogP contribution in [0.4, 0.5) is 0 Å². The van der Waals surface area contributed by atoms with Gasteiger partial charge in [0.2, 0.25) is 0 Å². The van der Waals surface area contributed by atoms with E-state index in [2.05, 4.69) is 19.1 Å². The predicted molar refractivity (Wildman–Crippen MR) is 67.5 cm³/mol. The lowest BCUT2D eigenvalue weighted by atomic mass is 9.97. The van der Waals surface area contributed by atoms with Crippen molar-refractivity contribution in [2.75, 3.05) is 0 Å². The molecule has 84 valence electrons. The van der Waals surface area contributed by atoms with E-state index in [4.69, 9.17) is 11.0 Å². The summed E-state index contributed by atoms with van der Waals surface area (Å²) in [4.78, 5) is 0. The Kier molecular flexibility index (Phi) is 4.13. The van der Waals surface area contributed by atoms with Crippen LogP contribution in [-0.4, -0.2) is 0 Å². The Morgan fingerprint density at radius 1 is 1.38 bits per heavy atom. The van der Waals surface area contributed by atoms with Crippen molar-refractivity contribution in [3.05, 3.63) is 40.5 Å². The zero-order valence-electron chi connectivity index (χ0n) is 10.2. The Labute approximate surface area is 97.4 Å². The fraction of sp³-hybridized carbons (Fsp3) is 0.357. The molecular weight excluding hydrogens is 196 g/mol. The van der Waals surface area contributed by atoms with Crippen LogP contribution in [0.15, 0.2) is 23.8 Å². The number of nitrogens with two attached hydrogens (primary N) is 1. The smallest absolute Gasteiger partial charge is 0.0968 e. The van der Waals surface area contributed by atoms with Crippen LogP contribution in [0.1, 0.15) is 36.5 Å². The van der Waals surface area contributed by atoms with Gasteiger partial charge in [-0.15, -0.1) is 0 Å². The van der Waals surface area contributed by atoms with Crippen molar-refractivity contribution in [1.29, 1.82) is 5.26 Å². The summed E-state index contributed by atoms with van der Waals surface area (Å²) in [7, 11) is 0. The van der Waals surface area contributed by atoms with Crippen molar-refractivity contribution in [2.24, 2.45) is 5.73 Å². The Balaban J connectivity index is 3.28. The number of hydrogen-bond donors (Lipinski definition) is 1. The summed E-state index contributed by atoms with van der Waals surface area (Å²) in [6, 6.07) is 8.21. The van der Waals surface area contributed by atoms with E-state index in [1.807, 2.05) is 26.0 Å². The molecule has 1 rings (SSSR count). The number of aryl methyl sites for hydroxylation is 1. The van der Waals surface area contributed by atoms with Crippen molar-refractivity contribution in [1.82, 2.24) is 0 Å². The van der Waals surface area contributed by atoms with E-state index in [-0.39, 0.29) is 0 Å². The lowest BCUT2D eigenvalue weighted by molar-refractivity contribution is 0.928. The molecule has 0 heterocycles. The van der Waals surface area contributed by atoms with Crippen molar-refractivity contribution in [2.45, 2.75) is 33.6 Å². The molecule has 0 amide bonds. The minimum Gasteiger partial charge on any atom is -0.397 e. The summed E-state index contributed by atoms with van der Waals surface area (Å²) in [5, 5.41) is 9.06. The molecule has 0 radical (unpaired) electrons. The molecular formula is C14H18N2. The van der Waals surface area contributed by atoms with Crippen molar-refractivity contribution < 1.29 is 0 Å². The summed E-state index contributed by atoms with van der Waals surface area (Å²) < 4.78 is 0. The number of hydrogen-bond acceptors (Lipinski definition) is 2. The molecule has 1 aromatic rings. The lowest BCUT2D eigenvalue weighted by Crippen LogP contribution is -2.03. The molecule has 2 N–H and O–H groups in total. The molecule has 0 spiro atoms. The number of allylic oxidation sites excluding steroid dienone is 1. The highest BCUT2D eigenvalue weighted by atomic mass is 14.6. The zero-order valence-corrected chi connectivity index (χ0v) is 10.2. The molecule has 0 atom stereocenters. The molecule has 2 heteroatoms. The maximum absolute atomic E-state index is 9.06. The van der Waals surface area contributed by atoms with E-state index < -0.39 is 0 Å². The van der Waals surface area contributed by atoms with Gasteiger partial charge in [-0.25, -0.2) is 0 Å². The fourth-order valence-electron chi connectivity index (χ4n) is 1.71. The Bertz CT molecular complexity index is 450. The molecule has 1 aromatic carbocycles. The summed E-state index contributed by atoms with van der Waals surface area (Å²) in [5.74, 6) is 0. The van der Waals surface area contributed by atoms with E-state index in [9.17, 15) is 0 Å². The van der Waals surface area contributed by atoms with Gasteiger partial charge in [0, 0.05) is 5.56 Å². The van der Waals surface area contributed by atoms with Crippen LogP contribution in [0.25, 0.3) is 5.70 Å². The van der Waals surface area contributed by atoms with Crippen molar-refractivity contribution in [3.8, 4) is 6.07 Å². The van der Waals surface area contributed by atoms with E-state index in [1.165, 1.54) is 5.56 Å². The molecule has 0 bridgehead atoms. The van der Waals surface area contributed by atoms with Crippen molar-refractivity contribution in [3.63, 3.8) is 0 Å². The topological polar surface area (TPSA) is 49.8 Å². The Morgan fingerprint density at radius 3 is 2.62 bits per heavy atom. The first kappa shape index (κ1) is 12.3. The highest BCUT2D eigenvalue weighted by Crippen LogP contribution is 2.22. The van der Waals surface area contributed by atoms with Gasteiger partial charge in [-0.05, 0) is 31.4 Å². The molecule has 16 heavy (non-hydrogen) atoms. The summed E-state index contributed by atoms with van der Waals surface area (Å²) >= 11 is 0. The molecule has 0 fully saturated rings. The van der Waals surface area contributed by atoms with Crippen LogP contribution in [0.3, 0.4) is 0 Å². The molecule has 0 aliphatic carbocycles. The van der Waals surface area contributed by atoms with Crippen LogP contribution in [0.5, 0.6) is 0 Å². The van der Waals surface area contributed by atoms with Gasteiger partial charge in [0.15, 0.2) is 0 Å². The van der Waals surface area contributed by atoms with Crippen LogP contribution >= 0.6 is 0 Å². The Hall–Kier alpha value is -1.75.